The number of nitrogens with one attached hydrogen (secondary N) is 1. The fraction of sp³-hybridized carbons (Fsp3) is 0.519. The van der Waals surface area contributed by atoms with Gasteiger partial charge < -0.3 is 10.2 Å². The number of carbonyl (C=O) groups excluding carboxylic acids is 1. The van der Waals surface area contributed by atoms with Crippen molar-refractivity contribution in [3.05, 3.63) is 59.7 Å². The summed E-state index contributed by atoms with van der Waals surface area (Å²) in [6, 6.07) is 17.1. The summed E-state index contributed by atoms with van der Waals surface area (Å²) in [7, 11) is 0. The first-order valence-electron chi connectivity index (χ1n) is 12.0. The van der Waals surface area contributed by atoms with Gasteiger partial charge in [-0.1, -0.05) is 64.1 Å². The molecule has 1 heterocycles. The summed E-state index contributed by atoms with van der Waals surface area (Å²) in [4.78, 5) is 17.7. The van der Waals surface area contributed by atoms with Crippen molar-refractivity contribution >= 4 is 29.0 Å². The Kier molecular flexibility index (Phi) is 9.49. The third-order valence-corrected chi connectivity index (χ3v) is 7.17. The maximum atomic E-state index is 12.6. The van der Waals surface area contributed by atoms with Crippen LogP contribution in [0.25, 0.3) is 0 Å². The second kappa shape index (κ2) is 12.3. The lowest BCUT2D eigenvalue weighted by Crippen LogP contribution is -2.46. The maximum Gasteiger partial charge on any atom is 0.234 e. The van der Waals surface area contributed by atoms with E-state index in [-0.39, 0.29) is 5.91 Å². The molecule has 4 nitrogen and oxygen atoms in total. The molecule has 1 aliphatic heterocycles. The van der Waals surface area contributed by atoms with Gasteiger partial charge in [-0.3, -0.25) is 9.69 Å². The van der Waals surface area contributed by atoms with E-state index in [0.717, 1.165) is 50.6 Å². The Balaban J connectivity index is 1.37. The molecule has 3 rings (SSSR count). The summed E-state index contributed by atoms with van der Waals surface area (Å²) in [5, 5.41) is 3.23. The quantitative estimate of drug-likeness (QED) is 0.460. The Hall–Kier alpha value is -1.98. The Morgan fingerprint density at radius 1 is 0.906 bits per heavy atom. The highest BCUT2D eigenvalue weighted by Gasteiger charge is 2.17. The minimum atomic E-state index is 0.112. The van der Waals surface area contributed by atoms with E-state index in [1.807, 2.05) is 0 Å². The molecule has 0 saturated carbocycles. The van der Waals surface area contributed by atoms with Crippen molar-refractivity contribution in [3.8, 4) is 0 Å². The van der Waals surface area contributed by atoms with Gasteiger partial charge in [-0.25, -0.2) is 0 Å². The first-order valence-corrected chi connectivity index (χ1v) is 13.1. The molecule has 1 saturated heterocycles. The van der Waals surface area contributed by atoms with Crippen LogP contribution in [0, 0.1) is 0 Å². The van der Waals surface area contributed by atoms with Gasteiger partial charge >= 0.3 is 0 Å². The minimum absolute atomic E-state index is 0.112. The highest BCUT2D eigenvalue weighted by molar-refractivity contribution is 7.99. The van der Waals surface area contributed by atoms with E-state index in [1.54, 1.807) is 11.8 Å². The van der Waals surface area contributed by atoms with Crippen LogP contribution in [-0.2, 0) is 4.79 Å². The molecule has 0 aliphatic carbocycles. The zero-order valence-corrected chi connectivity index (χ0v) is 21.0. The Morgan fingerprint density at radius 3 is 2.12 bits per heavy atom. The predicted octanol–water partition coefficient (Wildman–Crippen LogP) is 5.82. The lowest BCUT2D eigenvalue weighted by molar-refractivity contribution is -0.113. The summed E-state index contributed by atoms with van der Waals surface area (Å²) in [5.74, 6) is 2.43. The molecule has 1 N–H and O–H groups in total. The minimum Gasteiger partial charge on any atom is -0.369 e. The number of benzene rings is 2. The van der Waals surface area contributed by atoms with Crippen LogP contribution in [0.4, 0.5) is 11.4 Å². The molecular formula is C27H39N3OS. The molecule has 1 aliphatic rings. The largest absolute Gasteiger partial charge is 0.369 e. The number of nitrogens with zero attached hydrogens (tertiary/aromatic N) is 2. The van der Waals surface area contributed by atoms with Crippen molar-refractivity contribution in [2.45, 2.75) is 46.0 Å². The van der Waals surface area contributed by atoms with Gasteiger partial charge in [0.05, 0.1) is 5.75 Å². The Labute approximate surface area is 198 Å². The van der Waals surface area contributed by atoms with Crippen LogP contribution < -0.4 is 10.2 Å². The molecule has 1 amide bonds. The number of carbonyl (C=O) groups is 1. The van der Waals surface area contributed by atoms with Crippen molar-refractivity contribution < 1.29 is 4.79 Å². The van der Waals surface area contributed by atoms with Crippen molar-refractivity contribution in [2.24, 2.45) is 0 Å². The number of thioether (sulfide) groups is 1. The third-order valence-electron chi connectivity index (χ3n) is 6.13. The molecule has 0 bridgehead atoms. The molecular weight excluding hydrogens is 414 g/mol. The van der Waals surface area contributed by atoms with Crippen molar-refractivity contribution in [1.82, 2.24) is 4.90 Å². The average Bonchev–Trinajstić information content (AvgIpc) is 2.79. The topological polar surface area (TPSA) is 35.6 Å². The third kappa shape index (κ3) is 7.01. The van der Waals surface area contributed by atoms with E-state index in [2.05, 4.69) is 91.3 Å². The number of hydrogen-bond donors (Lipinski definition) is 1. The van der Waals surface area contributed by atoms with Crippen LogP contribution in [-0.4, -0.2) is 55.0 Å². The highest BCUT2D eigenvalue weighted by atomic mass is 32.2. The first kappa shape index (κ1) is 24.7. The molecule has 0 unspecified atom stereocenters. The van der Waals surface area contributed by atoms with E-state index in [9.17, 15) is 4.79 Å². The normalized spacial score (nSPS) is 14.9. The number of rotatable bonds is 10. The van der Waals surface area contributed by atoms with Crippen LogP contribution >= 0.6 is 11.8 Å². The summed E-state index contributed by atoms with van der Waals surface area (Å²) in [6.07, 6.45) is 1.13. The van der Waals surface area contributed by atoms with Gasteiger partial charge in [0.1, 0.15) is 0 Å². The van der Waals surface area contributed by atoms with Crippen LogP contribution in [0.5, 0.6) is 0 Å². The number of piperazine rings is 1. The Bertz CT molecular complexity index is 819. The van der Waals surface area contributed by atoms with E-state index in [4.69, 9.17) is 0 Å². The number of amides is 1. The van der Waals surface area contributed by atoms with Gasteiger partial charge in [0, 0.05) is 37.6 Å². The average molecular weight is 454 g/mol. The highest BCUT2D eigenvalue weighted by Crippen LogP contribution is 2.32. The zero-order valence-electron chi connectivity index (χ0n) is 20.1. The lowest BCUT2D eigenvalue weighted by Gasteiger charge is -2.36. The van der Waals surface area contributed by atoms with Gasteiger partial charge in [0.2, 0.25) is 5.91 Å². The lowest BCUT2D eigenvalue weighted by atomic mass is 9.92. The molecule has 174 valence electrons. The summed E-state index contributed by atoms with van der Waals surface area (Å²) in [6.45, 7) is 14.3. The van der Waals surface area contributed by atoms with E-state index in [1.165, 1.54) is 16.8 Å². The number of para-hydroxylation sites is 2. The van der Waals surface area contributed by atoms with Gasteiger partial charge in [-0.2, -0.15) is 11.8 Å². The zero-order chi connectivity index (χ0) is 22.9. The van der Waals surface area contributed by atoms with Gasteiger partial charge in [0.15, 0.2) is 0 Å². The van der Waals surface area contributed by atoms with E-state index >= 15 is 0 Å². The standard InChI is InChI=1S/C27H39N3OS/c1-21(2)24-12-8-13-25(22(3)4)27(24)28-26(31)20-32-19-9-14-29-15-17-30(18-16-29)23-10-6-5-7-11-23/h5-8,10-13,21-22H,9,14-20H2,1-4H3,(H,28,31). The number of hydrogen-bond acceptors (Lipinski definition) is 4. The monoisotopic (exact) mass is 453 g/mol. The molecule has 2 aromatic rings. The second-order valence-electron chi connectivity index (χ2n) is 9.24. The van der Waals surface area contributed by atoms with Crippen molar-refractivity contribution in [3.63, 3.8) is 0 Å². The maximum absolute atomic E-state index is 12.6. The number of anilines is 2. The molecule has 0 spiro atoms. The summed E-state index contributed by atoms with van der Waals surface area (Å²) < 4.78 is 0. The van der Waals surface area contributed by atoms with Crippen LogP contribution in [0.2, 0.25) is 0 Å². The molecule has 2 aromatic carbocycles. The smallest absolute Gasteiger partial charge is 0.234 e. The molecule has 0 aromatic heterocycles. The fourth-order valence-electron chi connectivity index (χ4n) is 4.29. The van der Waals surface area contributed by atoms with Gasteiger partial charge in [0.25, 0.3) is 0 Å². The summed E-state index contributed by atoms with van der Waals surface area (Å²) in [5.41, 5.74) is 4.81. The van der Waals surface area contributed by atoms with Crippen LogP contribution in [0.3, 0.4) is 0 Å². The molecule has 5 heteroatoms. The SMILES string of the molecule is CC(C)c1cccc(C(C)C)c1NC(=O)CSCCCN1CCN(c2ccccc2)CC1. The molecule has 0 radical (unpaired) electrons. The fourth-order valence-corrected chi connectivity index (χ4v) is 5.03. The van der Waals surface area contributed by atoms with Crippen molar-refractivity contribution in [2.75, 3.05) is 54.4 Å². The van der Waals surface area contributed by atoms with E-state index in [0.29, 0.717) is 17.6 Å². The molecule has 0 atom stereocenters. The molecule has 32 heavy (non-hydrogen) atoms. The van der Waals surface area contributed by atoms with Gasteiger partial charge in [-0.05, 0) is 53.8 Å². The predicted molar refractivity (Wildman–Crippen MR) is 140 cm³/mol. The van der Waals surface area contributed by atoms with Crippen molar-refractivity contribution in [1.29, 1.82) is 0 Å². The van der Waals surface area contributed by atoms with Crippen LogP contribution in [0.1, 0.15) is 57.1 Å². The van der Waals surface area contributed by atoms with E-state index < -0.39 is 0 Å². The van der Waals surface area contributed by atoms with Crippen LogP contribution in [0.15, 0.2) is 48.5 Å². The van der Waals surface area contributed by atoms with Gasteiger partial charge in [-0.15, -0.1) is 0 Å². The Morgan fingerprint density at radius 2 is 1.53 bits per heavy atom. The first-order chi connectivity index (χ1) is 15.5. The summed E-state index contributed by atoms with van der Waals surface area (Å²) >= 11 is 1.75. The molecule has 1 fully saturated rings. The second-order valence-corrected chi connectivity index (χ2v) is 10.3.